The van der Waals surface area contributed by atoms with Gasteiger partial charge in [0, 0.05) is 38.3 Å². The zero-order valence-corrected chi connectivity index (χ0v) is 14.3. The predicted molar refractivity (Wildman–Crippen MR) is 98.8 cm³/mol. The maximum atomic E-state index is 11.4. The number of carbonyl (C=O) groups excluding carboxylic acids is 1. The van der Waals surface area contributed by atoms with E-state index < -0.39 is 0 Å². The van der Waals surface area contributed by atoms with Gasteiger partial charge in [-0.25, -0.2) is 4.98 Å². The molecule has 3 rings (SSSR count). The van der Waals surface area contributed by atoms with E-state index in [4.69, 9.17) is 0 Å². The van der Waals surface area contributed by atoms with Crippen molar-refractivity contribution >= 4 is 23.1 Å². The Morgan fingerprint density at radius 3 is 2.50 bits per heavy atom. The SMILES string of the molecule is CCC(=O)Nc1ccc(N2CCN(c3cccc(C)c3)CC2)nc1. The summed E-state index contributed by atoms with van der Waals surface area (Å²) in [6.07, 6.45) is 2.21. The molecule has 1 saturated heterocycles. The lowest BCUT2D eigenvalue weighted by Crippen LogP contribution is -2.46. The van der Waals surface area contributed by atoms with Gasteiger partial charge in [0.05, 0.1) is 11.9 Å². The third-order valence-corrected chi connectivity index (χ3v) is 4.32. The Kier molecular flexibility index (Phi) is 4.99. The summed E-state index contributed by atoms with van der Waals surface area (Å²) in [5.41, 5.74) is 3.34. The van der Waals surface area contributed by atoms with Gasteiger partial charge >= 0.3 is 0 Å². The molecule has 0 unspecified atom stereocenters. The molecular weight excluding hydrogens is 300 g/mol. The zero-order valence-electron chi connectivity index (χ0n) is 14.3. The van der Waals surface area contributed by atoms with Crippen molar-refractivity contribution < 1.29 is 4.79 Å². The number of hydrogen-bond acceptors (Lipinski definition) is 4. The molecule has 1 aromatic heterocycles. The lowest BCUT2D eigenvalue weighted by atomic mass is 10.2. The normalized spacial score (nSPS) is 14.6. The van der Waals surface area contributed by atoms with Gasteiger partial charge in [0.15, 0.2) is 0 Å². The Morgan fingerprint density at radius 2 is 1.88 bits per heavy atom. The number of nitrogens with zero attached hydrogens (tertiary/aromatic N) is 3. The maximum Gasteiger partial charge on any atom is 0.224 e. The molecule has 1 aliphatic heterocycles. The maximum absolute atomic E-state index is 11.4. The van der Waals surface area contributed by atoms with Gasteiger partial charge in [0.1, 0.15) is 5.82 Å². The van der Waals surface area contributed by atoms with Gasteiger partial charge in [0.25, 0.3) is 0 Å². The highest BCUT2D eigenvalue weighted by atomic mass is 16.1. The summed E-state index contributed by atoms with van der Waals surface area (Å²) in [4.78, 5) is 20.6. The molecule has 24 heavy (non-hydrogen) atoms. The van der Waals surface area contributed by atoms with E-state index in [-0.39, 0.29) is 5.91 Å². The van der Waals surface area contributed by atoms with Gasteiger partial charge in [0.2, 0.25) is 5.91 Å². The van der Waals surface area contributed by atoms with E-state index in [0.717, 1.165) is 37.7 Å². The van der Waals surface area contributed by atoms with Gasteiger partial charge in [-0.3, -0.25) is 4.79 Å². The van der Waals surface area contributed by atoms with Gasteiger partial charge < -0.3 is 15.1 Å². The molecule has 1 aliphatic rings. The van der Waals surface area contributed by atoms with Crippen LogP contribution in [-0.2, 0) is 4.79 Å². The molecule has 0 saturated carbocycles. The molecule has 0 radical (unpaired) electrons. The number of aryl methyl sites for hydroxylation is 1. The molecule has 1 N–H and O–H groups in total. The van der Waals surface area contributed by atoms with Crippen LogP contribution in [0.1, 0.15) is 18.9 Å². The smallest absolute Gasteiger partial charge is 0.224 e. The first kappa shape index (κ1) is 16.3. The topological polar surface area (TPSA) is 48.5 Å². The summed E-state index contributed by atoms with van der Waals surface area (Å²) in [7, 11) is 0. The van der Waals surface area contributed by atoms with Crippen LogP contribution in [0, 0.1) is 6.92 Å². The number of amides is 1. The molecule has 2 aromatic rings. The fourth-order valence-corrected chi connectivity index (χ4v) is 2.91. The monoisotopic (exact) mass is 324 g/mol. The zero-order chi connectivity index (χ0) is 16.9. The molecule has 5 nitrogen and oxygen atoms in total. The first-order valence-corrected chi connectivity index (χ1v) is 8.48. The molecule has 1 fully saturated rings. The highest BCUT2D eigenvalue weighted by molar-refractivity contribution is 5.90. The number of rotatable bonds is 4. The fraction of sp³-hybridized carbons (Fsp3) is 0.368. The van der Waals surface area contributed by atoms with Crippen LogP contribution in [0.2, 0.25) is 0 Å². The second kappa shape index (κ2) is 7.34. The molecule has 1 amide bonds. The van der Waals surface area contributed by atoms with E-state index in [1.54, 1.807) is 6.20 Å². The second-order valence-corrected chi connectivity index (χ2v) is 6.12. The van der Waals surface area contributed by atoms with Crippen molar-refractivity contribution in [2.45, 2.75) is 20.3 Å². The van der Waals surface area contributed by atoms with Crippen molar-refractivity contribution in [3.63, 3.8) is 0 Å². The van der Waals surface area contributed by atoms with Crippen LogP contribution in [0.25, 0.3) is 0 Å². The first-order valence-electron chi connectivity index (χ1n) is 8.48. The summed E-state index contributed by atoms with van der Waals surface area (Å²) in [5, 5.41) is 2.83. The van der Waals surface area contributed by atoms with Crippen molar-refractivity contribution in [2.75, 3.05) is 41.3 Å². The Morgan fingerprint density at radius 1 is 1.12 bits per heavy atom. The van der Waals surface area contributed by atoms with Crippen LogP contribution in [-0.4, -0.2) is 37.1 Å². The van der Waals surface area contributed by atoms with E-state index in [1.807, 2.05) is 19.1 Å². The van der Waals surface area contributed by atoms with E-state index in [0.29, 0.717) is 6.42 Å². The number of aromatic nitrogens is 1. The lowest BCUT2D eigenvalue weighted by molar-refractivity contribution is -0.115. The molecule has 1 aromatic carbocycles. The van der Waals surface area contributed by atoms with Crippen LogP contribution in [0.4, 0.5) is 17.2 Å². The van der Waals surface area contributed by atoms with Gasteiger partial charge in [-0.15, -0.1) is 0 Å². The van der Waals surface area contributed by atoms with Gasteiger partial charge in [-0.05, 0) is 36.8 Å². The van der Waals surface area contributed by atoms with E-state index in [2.05, 4.69) is 51.3 Å². The van der Waals surface area contributed by atoms with Crippen molar-refractivity contribution in [3.8, 4) is 0 Å². The molecule has 0 aliphatic carbocycles. The lowest BCUT2D eigenvalue weighted by Gasteiger charge is -2.36. The highest BCUT2D eigenvalue weighted by Gasteiger charge is 2.18. The number of benzene rings is 1. The minimum atomic E-state index is 0.0105. The largest absolute Gasteiger partial charge is 0.368 e. The number of carbonyl (C=O) groups is 1. The minimum Gasteiger partial charge on any atom is -0.368 e. The number of piperazine rings is 1. The quantitative estimate of drug-likeness (QED) is 0.939. The number of hydrogen-bond donors (Lipinski definition) is 1. The van der Waals surface area contributed by atoms with Crippen LogP contribution in [0.15, 0.2) is 42.6 Å². The molecule has 2 heterocycles. The highest BCUT2D eigenvalue weighted by Crippen LogP contribution is 2.21. The summed E-state index contributed by atoms with van der Waals surface area (Å²) in [5.74, 6) is 0.977. The molecule has 126 valence electrons. The van der Waals surface area contributed by atoms with Crippen molar-refractivity contribution in [2.24, 2.45) is 0 Å². The van der Waals surface area contributed by atoms with E-state index in [1.165, 1.54) is 11.3 Å². The van der Waals surface area contributed by atoms with Crippen LogP contribution >= 0.6 is 0 Å². The van der Waals surface area contributed by atoms with Crippen LogP contribution in [0.3, 0.4) is 0 Å². The van der Waals surface area contributed by atoms with Crippen molar-refractivity contribution in [1.82, 2.24) is 4.98 Å². The molecular formula is C19H24N4O. The number of pyridine rings is 1. The minimum absolute atomic E-state index is 0.0105. The van der Waals surface area contributed by atoms with Crippen molar-refractivity contribution in [1.29, 1.82) is 0 Å². The summed E-state index contributed by atoms with van der Waals surface area (Å²) in [6, 6.07) is 12.5. The molecule has 0 spiro atoms. The van der Waals surface area contributed by atoms with Gasteiger partial charge in [-0.1, -0.05) is 19.1 Å². The Bertz CT molecular complexity index is 691. The van der Waals surface area contributed by atoms with E-state index in [9.17, 15) is 4.79 Å². The predicted octanol–water partition coefficient (Wildman–Crippen LogP) is 3.07. The molecule has 5 heteroatoms. The summed E-state index contributed by atoms with van der Waals surface area (Å²) < 4.78 is 0. The second-order valence-electron chi connectivity index (χ2n) is 6.12. The number of nitrogens with one attached hydrogen (secondary N) is 1. The summed E-state index contributed by atoms with van der Waals surface area (Å²) >= 11 is 0. The third kappa shape index (κ3) is 3.85. The first-order chi connectivity index (χ1) is 11.7. The van der Waals surface area contributed by atoms with E-state index >= 15 is 0 Å². The third-order valence-electron chi connectivity index (χ3n) is 4.32. The molecule has 0 bridgehead atoms. The van der Waals surface area contributed by atoms with Crippen LogP contribution in [0.5, 0.6) is 0 Å². The number of anilines is 3. The van der Waals surface area contributed by atoms with Crippen molar-refractivity contribution in [3.05, 3.63) is 48.2 Å². The fourth-order valence-electron chi connectivity index (χ4n) is 2.91. The Hall–Kier alpha value is -2.56. The Labute approximate surface area is 143 Å². The summed E-state index contributed by atoms with van der Waals surface area (Å²) in [6.45, 7) is 7.83. The average Bonchev–Trinajstić information content (AvgIpc) is 2.62. The van der Waals surface area contributed by atoms with Gasteiger partial charge in [-0.2, -0.15) is 0 Å². The van der Waals surface area contributed by atoms with Crippen LogP contribution < -0.4 is 15.1 Å². The average molecular weight is 324 g/mol. The Balaban J connectivity index is 1.59. The standard InChI is InChI=1S/C19H24N4O/c1-3-19(24)21-16-7-8-18(20-14-16)23-11-9-22(10-12-23)17-6-4-5-15(2)13-17/h4-8,13-14H,3,9-12H2,1-2H3,(H,21,24). The molecule has 0 atom stereocenters.